The molecule has 3 unspecified atom stereocenters. The monoisotopic (exact) mass is 285 g/mol. The smallest absolute Gasteiger partial charge is 0.244 e. The Kier molecular flexibility index (Phi) is 4.82. The molecular formula is C14H27N3O3. The number of nitrogens with one attached hydrogen (secondary N) is 1. The Morgan fingerprint density at radius 1 is 1.45 bits per heavy atom. The Morgan fingerprint density at radius 2 is 2.00 bits per heavy atom. The van der Waals surface area contributed by atoms with Gasteiger partial charge in [0, 0.05) is 32.5 Å². The van der Waals surface area contributed by atoms with Crippen LogP contribution in [-0.4, -0.2) is 55.1 Å². The first-order valence-corrected chi connectivity index (χ1v) is 7.00. The van der Waals surface area contributed by atoms with Gasteiger partial charge < -0.3 is 20.7 Å². The molecule has 0 aromatic rings. The number of nitrogens with two attached hydrogens (primary N) is 1. The van der Waals surface area contributed by atoms with Crippen molar-refractivity contribution in [2.45, 2.75) is 51.8 Å². The highest BCUT2D eigenvalue weighted by molar-refractivity contribution is 5.93. The van der Waals surface area contributed by atoms with Gasteiger partial charge in [-0.25, -0.2) is 0 Å². The number of amides is 2. The summed E-state index contributed by atoms with van der Waals surface area (Å²) in [6, 6.07) is -0.583. The van der Waals surface area contributed by atoms with E-state index in [1.54, 1.807) is 21.0 Å². The second kappa shape index (κ2) is 5.69. The van der Waals surface area contributed by atoms with Crippen LogP contribution in [-0.2, 0) is 14.3 Å². The number of rotatable bonds is 5. The van der Waals surface area contributed by atoms with E-state index in [2.05, 4.69) is 5.32 Å². The van der Waals surface area contributed by atoms with Crippen LogP contribution in [0.2, 0.25) is 0 Å². The molecule has 1 fully saturated rings. The van der Waals surface area contributed by atoms with Crippen LogP contribution in [0, 0.1) is 5.41 Å². The maximum absolute atomic E-state index is 12.4. The maximum atomic E-state index is 12.4. The third-order valence-electron chi connectivity index (χ3n) is 4.39. The molecule has 3 N–H and O–H groups in total. The Hall–Kier alpha value is -1.14. The summed E-state index contributed by atoms with van der Waals surface area (Å²) in [4.78, 5) is 25.6. The molecule has 0 heterocycles. The van der Waals surface area contributed by atoms with Crippen molar-refractivity contribution in [2.24, 2.45) is 11.1 Å². The topological polar surface area (TPSA) is 84.7 Å². The summed E-state index contributed by atoms with van der Waals surface area (Å²) >= 11 is 0. The number of carbonyl (C=O) groups excluding carboxylic acids is 2. The van der Waals surface area contributed by atoms with Gasteiger partial charge in [0.15, 0.2) is 0 Å². The second-order valence-electron chi connectivity index (χ2n) is 6.27. The molecular weight excluding hydrogens is 258 g/mol. The third-order valence-corrected chi connectivity index (χ3v) is 4.39. The van der Waals surface area contributed by atoms with Crippen LogP contribution in [0.4, 0.5) is 0 Å². The Balaban J connectivity index is 2.71. The summed E-state index contributed by atoms with van der Waals surface area (Å²) < 4.78 is 5.59. The number of nitrogens with zero attached hydrogens (tertiary/aromatic N) is 1. The molecule has 0 aromatic carbocycles. The lowest BCUT2D eigenvalue weighted by Gasteiger charge is -2.57. The Morgan fingerprint density at radius 3 is 2.40 bits per heavy atom. The highest BCUT2D eigenvalue weighted by Gasteiger charge is 2.63. The van der Waals surface area contributed by atoms with Crippen molar-refractivity contribution in [3.05, 3.63) is 0 Å². The van der Waals surface area contributed by atoms with E-state index in [1.165, 1.54) is 4.90 Å². The molecule has 1 rings (SSSR count). The summed E-state index contributed by atoms with van der Waals surface area (Å²) in [5.41, 5.74) is 4.81. The summed E-state index contributed by atoms with van der Waals surface area (Å²) in [5, 5.41) is 2.71. The zero-order valence-corrected chi connectivity index (χ0v) is 13.3. The van der Waals surface area contributed by atoms with Crippen LogP contribution >= 0.6 is 0 Å². The summed E-state index contributed by atoms with van der Waals surface area (Å²) in [5.74, 6) is -0.443. The fraction of sp³-hybridized carbons (Fsp3) is 0.857. The molecule has 1 aliphatic carbocycles. The van der Waals surface area contributed by atoms with Gasteiger partial charge in [0.05, 0.1) is 6.10 Å². The summed E-state index contributed by atoms with van der Waals surface area (Å²) in [6.45, 7) is 8.03. The molecule has 6 nitrogen and oxygen atoms in total. The fourth-order valence-electron chi connectivity index (χ4n) is 2.60. The first-order valence-electron chi connectivity index (χ1n) is 7.00. The molecule has 6 heteroatoms. The van der Waals surface area contributed by atoms with Crippen LogP contribution in [0.5, 0.6) is 0 Å². The van der Waals surface area contributed by atoms with Crippen molar-refractivity contribution in [1.29, 1.82) is 0 Å². The summed E-state index contributed by atoms with van der Waals surface area (Å²) in [6.07, 6.45) is 0.450. The SMILES string of the molecule is CCOC1CC(N)(C(=O)NC(C)C(=O)N(C)C)C1(C)C. The number of hydrogen-bond donors (Lipinski definition) is 2. The van der Waals surface area contributed by atoms with Crippen LogP contribution in [0.25, 0.3) is 0 Å². The molecule has 0 aromatic heterocycles. The number of likely N-dealkylation sites (N-methyl/N-ethyl adjacent to an activating group) is 1. The lowest BCUT2D eigenvalue weighted by atomic mass is 9.54. The van der Waals surface area contributed by atoms with Gasteiger partial charge in [0.25, 0.3) is 0 Å². The molecule has 20 heavy (non-hydrogen) atoms. The van der Waals surface area contributed by atoms with Crippen LogP contribution in [0.3, 0.4) is 0 Å². The first-order chi connectivity index (χ1) is 9.07. The second-order valence-corrected chi connectivity index (χ2v) is 6.27. The first kappa shape index (κ1) is 16.9. The van der Waals surface area contributed by atoms with Crippen molar-refractivity contribution in [1.82, 2.24) is 10.2 Å². The fourth-order valence-corrected chi connectivity index (χ4v) is 2.60. The quantitative estimate of drug-likeness (QED) is 0.751. The molecule has 0 aliphatic heterocycles. The van der Waals surface area contributed by atoms with E-state index in [0.29, 0.717) is 13.0 Å². The van der Waals surface area contributed by atoms with E-state index in [9.17, 15) is 9.59 Å². The minimum absolute atomic E-state index is 0.0249. The molecule has 116 valence electrons. The average molecular weight is 285 g/mol. The highest BCUT2D eigenvalue weighted by atomic mass is 16.5. The van der Waals surface area contributed by atoms with E-state index in [4.69, 9.17) is 10.5 Å². The Bertz CT molecular complexity index is 395. The van der Waals surface area contributed by atoms with Gasteiger partial charge in [-0.15, -0.1) is 0 Å². The van der Waals surface area contributed by atoms with Crippen LogP contribution in [0.1, 0.15) is 34.1 Å². The van der Waals surface area contributed by atoms with E-state index < -0.39 is 17.0 Å². The molecule has 3 atom stereocenters. The van der Waals surface area contributed by atoms with Gasteiger partial charge in [-0.1, -0.05) is 13.8 Å². The van der Waals surface area contributed by atoms with Crippen molar-refractivity contribution in [3.63, 3.8) is 0 Å². The molecule has 0 radical (unpaired) electrons. The third kappa shape index (κ3) is 2.67. The standard InChI is InChI=1S/C14H27N3O3/c1-7-20-10-8-14(15,13(10,3)4)12(19)16-9(2)11(18)17(5)6/h9-10H,7-8,15H2,1-6H3,(H,16,19). The number of hydrogen-bond acceptors (Lipinski definition) is 4. The van der Waals surface area contributed by atoms with Gasteiger partial charge >= 0.3 is 0 Å². The normalized spacial score (nSPS) is 29.2. The van der Waals surface area contributed by atoms with Crippen molar-refractivity contribution in [3.8, 4) is 0 Å². The predicted octanol–water partition coefficient (Wildman–Crippen LogP) is 0.112. The van der Waals surface area contributed by atoms with Crippen LogP contribution < -0.4 is 11.1 Å². The highest BCUT2D eigenvalue weighted by Crippen LogP contribution is 2.49. The molecule has 0 spiro atoms. The maximum Gasteiger partial charge on any atom is 0.244 e. The number of ether oxygens (including phenoxy) is 1. The van der Waals surface area contributed by atoms with Crippen LogP contribution in [0.15, 0.2) is 0 Å². The van der Waals surface area contributed by atoms with Crippen molar-refractivity contribution >= 4 is 11.8 Å². The van der Waals surface area contributed by atoms with Gasteiger partial charge in [0.2, 0.25) is 11.8 Å². The van der Waals surface area contributed by atoms with Gasteiger partial charge in [-0.2, -0.15) is 0 Å². The van der Waals surface area contributed by atoms with Gasteiger partial charge in [-0.3, -0.25) is 9.59 Å². The van der Waals surface area contributed by atoms with E-state index in [1.807, 2.05) is 20.8 Å². The van der Waals surface area contributed by atoms with Crippen molar-refractivity contribution in [2.75, 3.05) is 20.7 Å². The van der Waals surface area contributed by atoms with E-state index in [-0.39, 0.29) is 17.9 Å². The Labute approximate surface area is 121 Å². The minimum Gasteiger partial charge on any atom is -0.378 e. The summed E-state index contributed by atoms with van der Waals surface area (Å²) in [7, 11) is 3.31. The van der Waals surface area contributed by atoms with Gasteiger partial charge in [-0.05, 0) is 13.8 Å². The van der Waals surface area contributed by atoms with Gasteiger partial charge in [0.1, 0.15) is 11.6 Å². The zero-order chi connectivity index (χ0) is 15.7. The zero-order valence-electron chi connectivity index (χ0n) is 13.3. The predicted molar refractivity (Wildman–Crippen MR) is 77.0 cm³/mol. The van der Waals surface area contributed by atoms with Crippen molar-refractivity contribution < 1.29 is 14.3 Å². The lowest BCUT2D eigenvalue weighted by molar-refractivity contribution is -0.171. The molecule has 1 saturated carbocycles. The number of carbonyl (C=O) groups is 2. The largest absolute Gasteiger partial charge is 0.378 e. The van der Waals surface area contributed by atoms with E-state index >= 15 is 0 Å². The molecule has 0 saturated heterocycles. The lowest BCUT2D eigenvalue weighted by Crippen LogP contribution is -2.76. The molecule has 2 amide bonds. The molecule has 0 bridgehead atoms. The average Bonchev–Trinajstić information content (AvgIpc) is 2.36. The minimum atomic E-state index is -0.992. The van der Waals surface area contributed by atoms with E-state index in [0.717, 1.165) is 0 Å². The molecule has 1 aliphatic rings.